The van der Waals surface area contributed by atoms with Gasteiger partial charge in [-0.1, -0.05) is 17.7 Å². The highest BCUT2D eigenvalue weighted by Gasteiger charge is 2.24. The van der Waals surface area contributed by atoms with Gasteiger partial charge < -0.3 is 4.57 Å². The van der Waals surface area contributed by atoms with E-state index in [1.807, 2.05) is 37.5 Å². The summed E-state index contributed by atoms with van der Waals surface area (Å²) in [7, 11) is 0. The van der Waals surface area contributed by atoms with E-state index < -0.39 is 0 Å². The third-order valence-electron chi connectivity index (χ3n) is 5.72. The fourth-order valence-electron chi connectivity index (χ4n) is 3.81. The Morgan fingerprint density at radius 2 is 1.97 bits per heavy atom. The normalized spacial score (nSPS) is 13.7. The smallest absolute Gasteiger partial charge is 0.150 e. The van der Waals surface area contributed by atoms with E-state index in [2.05, 4.69) is 33.8 Å². The first-order valence-corrected chi connectivity index (χ1v) is 10.5. The molecular formula is C24H22ClN5. The lowest BCUT2D eigenvalue weighted by atomic mass is 10.0. The standard InChI is InChI=1S/C24H22ClN5/c1-15-2-6-19(14-28-15)29-10-8-18-13-17(5-7-21(18)29)20-9-11-30(24(27)23(20)25)22(26)12-16-3-4-16/h2,5-11,13-14,16,26-27H,3-4,12H2,1H3. The molecule has 3 heterocycles. The first kappa shape index (κ1) is 18.8. The van der Waals surface area contributed by atoms with E-state index in [1.54, 1.807) is 10.8 Å². The predicted molar refractivity (Wildman–Crippen MR) is 121 cm³/mol. The van der Waals surface area contributed by atoms with E-state index in [-0.39, 0.29) is 5.49 Å². The maximum Gasteiger partial charge on any atom is 0.150 e. The molecule has 6 heteroatoms. The van der Waals surface area contributed by atoms with Crippen LogP contribution in [0.1, 0.15) is 25.0 Å². The Morgan fingerprint density at radius 1 is 1.13 bits per heavy atom. The molecule has 1 fully saturated rings. The van der Waals surface area contributed by atoms with Crippen molar-refractivity contribution in [2.24, 2.45) is 5.92 Å². The van der Waals surface area contributed by atoms with Crippen LogP contribution in [0.2, 0.25) is 5.02 Å². The van der Waals surface area contributed by atoms with Crippen LogP contribution in [0, 0.1) is 23.7 Å². The molecule has 3 aromatic heterocycles. The number of rotatable bonds is 4. The lowest BCUT2D eigenvalue weighted by molar-refractivity contribution is 0.831. The summed E-state index contributed by atoms with van der Waals surface area (Å²) < 4.78 is 3.70. The van der Waals surface area contributed by atoms with Crippen molar-refractivity contribution >= 4 is 28.3 Å². The third kappa shape index (κ3) is 3.35. The van der Waals surface area contributed by atoms with Crippen LogP contribution in [0.15, 0.2) is 61.1 Å². The highest BCUT2D eigenvalue weighted by molar-refractivity contribution is 6.33. The van der Waals surface area contributed by atoms with Gasteiger partial charge in [0.1, 0.15) is 11.3 Å². The van der Waals surface area contributed by atoms with E-state index in [0.29, 0.717) is 23.2 Å². The van der Waals surface area contributed by atoms with E-state index in [1.165, 1.54) is 12.8 Å². The molecule has 5 nitrogen and oxygen atoms in total. The van der Waals surface area contributed by atoms with Crippen LogP contribution < -0.4 is 5.49 Å². The van der Waals surface area contributed by atoms with Crippen molar-refractivity contribution in [3.63, 3.8) is 0 Å². The molecule has 1 aromatic carbocycles. The zero-order valence-electron chi connectivity index (χ0n) is 16.7. The topological polar surface area (TPSA) is 70.5 Å². The van der Waals surface area contributed by atoms with E-state index in [0.717, 1.165) is 33.4 Å². The summed E-state index contributed by atoms with van der Waals surface area (Å²) in [6.45, 7) is 1.98. The number of hydrogen-bond acceptors (Lipinski definition) is 3. The van der Waals surface area contributed by atoms with Crippen molar-refractivity contribution in [3.8, 4) is 16.8 Å². The molecule has 150 valence electrons. The fraction of sp³-hybridized carbons (Fsp3) is 0.208. The second-order valence-corrected chi connectivity index (χ2v) is 8.35. The van der Waals surface area contributed by atoms with Crippen molar-refractivity contribution in [1.82, 2.24) is 14.1 Å². The molecule has 0 radical (unpaired) electrons. The van der Waals surface area contributed by atoms with E-state index in [4.69, 9.17) is 22.4 Å². The van der Waals surface area contributed by atoms with E-state index >= 15 is 0 Å². The third-order valence-corrected chi connectivity index (χ3v) is 6.10. The highest BCUT2D eigenvalue weighted by Crippen LogP contribution is 2.33. The zero-order valence-corrected chi connectivity index (χ0v) is 17.4. The molecule has 0 saturated heterocycles. The minimum atomic E-state index is 0.170. The first-order chi connectivity index (χ1) is 14.5. The zero-order chi connectivity index (χ0) is 20.8. The molecule has 0 unspecified atom stereocenters. The average molecular weight is 416 g/mol. The Morgan fingerprint density at radius 3 is 2.70 bits per heavy atom. The number of benzene rings is 1. The molecule has 5 rings (SSSR count). The molecule has 2 N–H and O–H groups in total. The average Bonchev–Trinajstić information content (AvgIpc) is 3.46. The molecule has 0 amide bonds. The molecule has 1 aliphatic rings. The van der Waals surface area contributed by atoms with Gasteiger partial charge in [-0.2, -0.15) is 0 Å². The lowest BCUT2D eigenvalue weighted by Gasteiger charge is -2.12. The van der Waals surface area contributed by atoms with Crippen LogP contribution in [-0.4, -0.2) is 20.0 Å². The van der Waals surface area contributed by atoms with Gasteiger partial charge in [0.25, 0.3) is 0 Å². The Labute approximate surface area is 179 Å². The summed E-state index contributed by atoms with van der Waals surface area (Å²) in [6.07, 6.45) is 8.77. The van der Waals surface area contributed by atoms with Gasteiger partial charge in [0.15, 0.2) is 0 Å². The van der Waals surface area contributed by atoms with Crippen LogP contribution >= 0.6 is 11.6 Å². The second-order valence-electron chi connectivity index (χ2n) is 7.97. The number of halogens is 1. The van der Waals surface area contributed by atoms with Crippen molar-refractivity contribution in [1.29, 1.82) is 10.8 Å². The van der Waals surface area contributed by atoms with Gasteiger partial charge in [0, 0.05) is 35.5 Å². The summed E-state index contributed by atoms with van der Waals surface area (Å²) >= 11 is 6.58. The first-order valence-electron chi connectivity index (χ1n) is 10.1. The highest BCUT2D eigenvalue weighted by atomic mass is 35.5. The van der Waals surface area contributed by atoms with Crippen LogP contribution in [0.5, 0.6) is 0 Å². The number of aromatic nitrogens is 3. The largest absolute Gasteiger partial charge is 0.315 e. The summed E-state index contributed by atoms with van der Waals surface area (Å²) in [5, 5.41) is 18.2. The molecule has 0 atom stereocenters. The van der Waals surface area contributed by atoms with Crippen LogP contribution in [0.25, 0.3) is 27.7 Å². The van der Waals surface area contributed by atoms with Crippen molar-refractivity contribution in [3.05, 3.63) is 77.3 Å². The Bertz CT molecular complexity index is 1330. The van der Waals surface area contributed by atoms with Crippen molar-refractivity contribution in [2.75, 3.05) is 0 Å². The minimum absolute atomic E-state index is 0.170. The molecule has 0 aliphatic heterocycles. The van der Waals surface area contributed by atoms with Crippen molar-refractivity contribution in [2.45, 2.75) is 26.2 Å². The second kappa shape index (κ2) is 7.26. The lowest BCUT2D eigenvalue weighted by Crippen LogP contribution is -2.27. The number of aryl methyl sites for hydroxylation is 1. The monoisotopic (exact) mass is 415 g/mol. The summed E-state index contributed by atoms with van der Waals surface area (Å²) in [5.41, 5.74) is 5.03. The van der Waals surface area contributed by atoms with Gasteiger partial charge >= 0.3 is 0 Å². The molecule has 1 aliphatic carbocycles. The summed E-state index contributed by atoms with van der Waals surface area (Å²) in [6, 6.07) is 14.2. The number of hydrogen-bond donors (Lipinski definition) is 2. The summed E-state index contributed by atoms with van der Waals surface area (Å²) in [4.78, 5) is 4.39. The molecule has 0 bridgehead atoms. The fourth-order valence-corrected chi connectivity index (χ4v) is 4.07. The SMILES string of the molecule is Cc1ccc(-n2ccc3cc(-c4ccn(C(=N)CC5CC5)c(=N)c4Cl)ccc32)cn1. The van der Waals surface area contributed by atoms with Crippen LogP contribution in [-0.2, 0) is 0 Å². The summed E-state index contributed by atoms with van der Waals surface area (Å²) in [5.74, 6) is 1.04. The minimum Gasteiger partial charge on any atom is -0.315 e. The van der Waals surface area contributed by atoms with Gasteiger partial charge in [0.2, 0.25) is 0 Å². The maximum absolute atomic E-state index is 8.46. The molecule has 30 heavy (non-hydrogen) atoms. The van der Waals surface area contributed by atoms with Gasteiger partial charge in [-0.15, -0.1) is 0 Å². The van der Waals surface area contributed by atoms with Gasteiger partial charge in [-0.05, 0) is 67.6 Å². The number of pyridine rings is 2. The van der Waals surface area contributed by atoms with Gasteiger partial charge in [-0.25, -0.2) is 0 Å². The molecule has 1 saturated carbocycles. The van der Waals surface area contributed by atoms with Crippen LogP contribution in [0.3, 0.4) is 0 Å². The van der Waals surface area contributed by atoms with Gasteiger partial charge in [-0.3, -0.25) is 20.4 Å². The molecule has 0 spiro atoms. The van der Waals surface area contributed by atoms with Crippen molar-refractivity contribution < 1.29 is 0 Å². The maximum atomic E-state index is 8.46. The number of nitrogens with zero attached hydrogens (tertiary/aromatic N) is 3. The predicted octanol–water partition coefficient (Wildman–Crippen LogP) is 5.56. The molecule has 4 aromatic rings. The number of fused-ring (bicyclic) bond motifs is 1. The Hall–Kier alpha value is -3.18. The Balaban J connectivity index is 1.52. The van der Waals surface area contributed by atoms with Gasteiger partial charge in [0.05, 0.1) is 22.4 Å². The quantitative estimate of drug-likeness (QED) is 0.332. The van der Waals surface area contributed by atoms with Crippen LogP contribution in [0.4, 0.5) is 0 Å². The number of nitrogens with one attached hydrogen (secondary N) is 2. The van der Waals surface area contributed by atoms with E-state index in [9.17, 15) is 0 Å². The molecular weight excluding hydrogens is 394 g/mol. The Kier molecular flexibility index (Phi) is 4.55.